The Bertz CT molecular complexity index is 757. The van der Waals surface area contributed by atoms with E-state index in [1.54, 1.807) is 0 Å². The first-order valence-corrected chi connectivity index (χ1v) is 9.04. The highest BCUT2D eigenvalue weighted by Gasteiger charge is 2.12. The van der Waals surface area contributed by atoms with Crippen molar-refractivity contribution in [1.82, 2.24) is 4.98 Å². The van der Waals surface area contributed by atoms with Crippen LogP contribution in [-0.2, 0) is 21.9 Å². The number of rotatable bonds is 3. The maximum absolute atomic E-state index is 11.1. The normalized spacial score (nSPS) is 14.5. The summed E-state index contributed by atoms with van der Waals surface area (Å²) >= 11 is 0. The van der Waals surface area contributed by atoms with Crippen molar-refractivity contribution in [3.05, 3.63) is 47.7 Å². The molecule has 1 aromatic carbocycles. The highest BCUT2D eigenvalue weighted by Crippen LogP contribution is 2.28. The first kappa shape index (κ1) is 14.4. The molecule has 21 heavy (non-hydrogen) atoms. The number of hydrogen-bond donors (Lipinski definition) is 0. The van der Waals surface area contributed by atoms with Crippen LogP contribution < -0.4 is 4.74 Å². The first-order valence-electron chi connectivity index (χ1n) is 6.73. The zero-order chi connectivity index (χ0) is 14.9. The summed E-state index contributed by atoms with van der Waals surface area (Å²) in [6.07, 6.45) is 5.83. The van der Waals surface area contributed by atoms with Gasteiger partial charge in [-0.05, 0) is 55.0 Å². The van der Waals surface area contributed by atoms with E-state index >= 15 is 0 Å². The Labute approximate surface area is 128 Å². The van der Waals surface area contributed by atoms with Crippen molar-refractivity contribution in [3.63, 3.8) is 0 Å². The molecule has 4 nitrogen and oxygen atoms in total. The molecular weight excluding hydrogens is 310 g/mol. The van der Waals surface area contributed by atoms with Crippen LogP contribution in [0.1, 0.15) is 24.0 Å². The summed E-state index contributed by atoms with van der Waals surface area (Å²) in [5.41, 5.74) is 2.70. The summed E-state index contributed by atoms with van der Waals surface area (Å²) in [7, 11) is 1.49. The van der Waals surface area contributed by atoms with Crippen LogP contribution in [0.25, 0.3) is 0 Å². The summed E-state index contributed by atoms with van der Waals surface area (Å²) < 4.78 is 28.0. The van der Waals surface area contributed by atoms with Crippen molar-refractivity contribution in [2.75, 3.05) is 0 Å². The van der Waals surface area contributed by atoms with Crippen LogP contribution in [0.5, 0.6) is 11.6 Å². The topological polar surface area (TPSA) is 56.3 Å². The van der Waals surface area contributed by atoms with E-state index in [2.05, 4.69) is 11.1 Å². The van der Waals surface area contributed by atoms with Gasteiger partial charge in [0.2, 0.25) is 5.88 Å². The first-order chi connectivity index (χ1) is 10.0. The molecule has 0 spiro atoms. The van der Waals surface area contributed by atoms with E-state index in [0.717, 1.165) is 12.8 Å². The van der Waals surface area contributed by atoms with Gasteiger partial charge in [0.15, 0.2) is 0 Å². The Hall–Kier alpha value is -1.59. The molecule has 6 heteroatoms. The van der Waals surface area contributed by atoms with Gasteiger partial charge in [-0.1, -0.05) is 6.07 Å². The number of halogens is 1. The van der Waals surface area contributed by atoms with Crippen LogP contribution in [0.2, 0.25) is 0 Å². The maximum Gasteiger partial charge on any atom is 0.262 e. The smallest absolute Gasteiger partial charge is 0.262 e. The fraction of sp³-hybridized carbons (Fsp3) is 0.267. The molecule has 1 heterocycles. The van der Waals surface area contributed by atoms with Crippen LogP contribution in [0, 0.1) is 0 Å². The number of aromatic nitrogens is 1. The summed E-state index contributed by atoms with van der Waals surface area (Å²) in [6.45, 7) is 0. The van der Waals surface area contributed by atoms with Gasteiger partial charge in [0.1, 0.15) is 10.6 Å². The molecule has 0 N–H and O–H groups in total. The van der Waals surface area contributed by atoms with E-state index in [-0.39, 0.29) is 4.90 Å². The molecule has 0 aliphatic heterocycles. The SMILES string of the molecule is O=S(=O)(Cl)c1ccc(Oc2ccc3c(c2)CCCC3)nc1. The molecule has 0 amide bonds. The molecule has 1 aromatic heterocycles. The lowest BCUT2D eigenvalue weighted by atomic mass is 9.92. The quantitative estimate of drug-likeness (QED) is 0.808. The molecule has 0 bridgehead atoms. The fourth-order valence-electron chi connectivity index (χ4n) is 2.47. The van der Waals surface area contributed by atoms with Gasteiger partial charge in [-0.15, -0.1) is 0 Å². The average Bonchev–Trinajstić information content (AvgIpc) is 2.47. The molecule has 0 fully saturated rings. The third kappa shape index (κ3) is 3.36. The monoisotopic (exact) mass is 323 g/mol. The number of ether oxygens (including phenoxy) is 1. The number of benzene rings is 1. The summed E-state index contributed by atoms with van der Waals surface area (Å²) in [6, 6.07) is 8.90. The van der Waals surface area contributed by atoms with Gasteiger partial charge in [0, 0.05) is 16.7 Å². The predicted octanol–water partition coefficient (Wildman–Crippen LogP) is 3.68. The number of aryl methyl sites for hydroxylation is 2. The van der Waals surface area contributed by atoms with Gasteiger partial charge in [0.05, 0.1) is 6.20 Å². The van der Waals surface area contributed by atoms with Crippen LogP contribution >= 0.6 is 10.7 Å². The van der Waals surface area contributed by atoms with Crippen LogP contribution in [0.4, 0.5) is 0 Å². The molecule has 110 valence electrons. The van der Waals surface area contributed by atoms with Crippen molar-refractivity contribution >= 4 is 19.7 Å². The number of nitrogens with zero attached hydrogens (tertiary/aromatic N) is 1. The standard InChI is InChI=1S/C15H14ClNO3S/c16-21(18,19)14-7-8-15(17-10-14)20-13-6-5-11-3-1-2-4-12(11)9-13/h5-10H,1-4H2. The molecule has 0 radical (unpaired) electrons. The maximum atomic E-state index is 11.1. The van der Waals surface area contributed by atoms with E-state index in [1.165, 1.54) is 42.3 Å². The van der Waals surface area contributed by atoms with E-state index in [1.807, 2.05) is 12.1 Å². The Morgan fingerprint density at radius 2 is 1.81 bits per heavy atom. The Kier molecular flexibility index (Phi) is 3.87. The lowest BCUT2D eigenvalue weighted by Crippen LogP contribution is -2.02. The Balaban J connectivity index is 1.80. The van der Waals surface area contributed by atoms with Crippen molar-refractivity contribution in [2.45, 2.75) is 30.6 Å². The van der Waals surface area contributed by atoms with E-state index in [4.69, 9.17) is 15.4 Å². The van der Waals surface area contributed by atoms with Crippen LogP contribution in [-0.4, -0.2) is 13.4 Å². The second-order valence-electron chi connectivity index (χ2n) is 5.01. The Morgan fingerprint density at radius 1 is 1.05 bits per heavy atom. The van der Waals surface area contributed by atoms with Gasteiger partial charge in [0.25, 0.3) is 9.05 Å². The molecule has 1 aliphatic rings. The zero-order valence-corrected chi connectivity index (χ0v) is 12.8. The molecule has 0 unspecified atom stereocenters. The third-order valence-electron chi connectivity index (χ3n) is 3.53. The highest BCUT2D eigenvalue weighted by molar-refractivity contribution is 8.13. The van der Waals surface area contributed by atoms with Crippen molar-refractivity contribution in [1.29, 1.82) is 0 Å². The minimum Gasteiger partial charge on any atom is -0.439 e. The van der Waals surface area contributed by atoms with Crippen LogP contribution in [0.3, 0.4) is 0 Å². The Morgan fingerprint density at radius 3 is 2.48 bits per heavy atom. The van der Waals surface area contributed by atoms with Gasteiger partial charge in [-0.2, -0.15) is 0 Å². The third-order valence-corrected chi connectivity index (χ3v) is 4.87. The molecule has 0 atom stereocenters. The van der Waals surface area contributed by atoms with Crippen LogP contribution in [0.15, 0.2) is 41.4 Å². The number of fused-ring (bicyclic) bond motifs is 1. The predicted molar refractivity (Wildman–Crippen MR) is 80.4 cm³/mol. The van der Waals surface area contributed by atoms with Crippen molar-refractivity contribution < 1.29 is 13.2 Å². The minimum absolute atomic E-state index is 0.0399. The number of pyridine rings is 1. The van der Waals surface area contributed by atoms with E-state index in [9.17, 15) is 8.42 Å². The minimum atomic E-state index is -3.75. The van der Waals surface area contributed by atoms with E-state index < -0.39 is 9.05 Å². The lowest BCUT2D eigenvalue weighted by molar-refractivity contribution is 0.460. The van der Waals surface area contributed by atoms with E-state index in [0.29, 0.717) is 11.6 Å². The second-order valence-corrected chi connectivity index (χ2v) is 7.58. The van der Waals surface area contributed by atoms with Crippen molar-refractivity contribution in [2.24, 2.45) is 0 Å². The number of hydrogen-bond acceptors (Lipinski definition) is 4. The fourth-order valence-corrected chi connectivity index (χ4v) is 3.15. The molecule has 2 aromatic rings. The van der Waals surface area contributed by atoms with Gasteiger partial charge in [-0.25, -0.2) is 13.4 Å². The van der Waals surface area contributed by atoms with Gasteiger partial charge >= 0.3 is 0 Å². The van der Waals surface area contributed by atoms with Gasteiger partial charge in [-0.3, -0.25) is 0 Å². The highest BCUT2D eigenvalue weighted by atomic mass is 35.7. The summed E-state index contributed by atoms with van der Waals surface area (Å²) in [5.74, 6) is 1.06. The van der Waals surface area contributed by atoms with Crippen molar-refractivity contribution in [3.8, 4) is 11.6 Å². The molecule has 0 saturated carbocycles. The molecule has 1 aliphatic carbocycles. The summed E-state index contributed by atoms with van der Waals surface area (Å²) in [4.78, 5) is 3.93. The second kappa shape index (κ2) is 5.66. The molecule has 0 saturated heterocycles. The average molecular weight is 324 g/mol. The molecule has 3 rings (SSSR count). The lowest BCUT2D eigenvalue weighted by Gasteiger charge is -2.16. The summed E-state index contributed by atoms with van der Waals surface area (Å²) in [5, 5.41) is 0. The zero-order valence-electron chi connectivity index (χ0n) is 11.3. The molecular formula is C15H14ClNO3S. The largest absolute Gasteiger partial charge is 0.439 e. The van der Waals surface area contributed by atoms with Gasteiger partial charge < -0.3 is 4.74 Å².